The fourth-order valence-electron chi connectivity index (χ4n) is 10.1. The molecular formula is C74H132O6. The van der Waals surface area contributed by atoms with Crippen molar-refractivity contribution in [3.8, 4) is 0 Å². The van der Waals surface area contributed by atoms with E-state index in [-0.39, 0.29) is 31.1 Å². The second kappa shape index (κ2) is 68.3. The van der Waals surface area contributed by atoms with Gasteiger partial charge in [-0.15, -0.1) is 0 Å². The van der Waals surface area contributed by atoms with Crippen molar-refractivity contribution in [2.45, 2.75) is 367 Å². The molecule has 6 nitrogen and oxygen atoms in total. The fourth-order valence-corrected chi connectivity index (χ4v) is 10.1. The van der Waals surface area contributed by atoms with Crippen molar-refractivity contribution in [3.63, 3.8) is 0 Å². The largest absolute Gasteiger partial charge is 0.462 e. The average Bonchev–Trinajstić information content (AvgIpc) is 3.46. The molecule has 0 heterocycles. The van der Waals surface area contributed by atoms with E-state index in [0.717, 1.165) is 89.9 Å². The van der Waals surface area contributed by atoms with Crippen molar-refractivity contribution in [2.75, 3.05) is 13.2 Å². The van der Waals surface area contributed by atoms with Gasteiger partial charge in [0.25, 0.3) is 0 Å². The molecule has 1 unspecified atom stereocenters. The van der Waals surface area contributed by atoms with Crippen LogP contribution in [0.3, 0.4) is 0 Å². The Morgan fingerprint density at radius 3 is 0.750 bits per heavy atom. The molecular weight excluding hydrogens is 985 g/mol. The number of hydrogen-bond donors (Lipinski definition) is 0. The molecule has 0 bridgehead atoms. The van der Waals surface area contributed by atoms with Gasteiger partial charge >= 0.3 is 17.9 Å². The van der Waals surface area contributed by atoms with Crippen LogP contribution in [-0.4, -0.2) is 37.2 Å². The van der Waals surface area contributed by atoms with Crippen LogP contribution in [0.2, 0.25) is 0 Å². The number of allylic oxidation sites excluding steroid dienone is 12. The van der Waals surface area contributed by atoms with Crippen LogP contribution < -0.4 is 0 Å². The Morgan fingerprint density at radius 1 is 0.250 bits per heavy atom. The van der Waals surface area contributed by atoms with E-state index in [2.05, 4.69) is 93.7 Å². The van der Waals surface area contributed by atoms with Crippen molar-refractivity contribution in [3.05, 3.63) is 72.9 Å². The summed E-state index contributed by atoms with van der Waals surface area (Å²) < 4.78 is 17.0. The third-order valence-corrected chi connectivity index (χ3v) is 15.4. The molecule has 0 radical (unpaired) electrons. The lowest BCUT2D eigenvalue weighted by atomic mass is 10.0. The van der Waals surface area contributed by atoms with Crippen molar-refractivity contribution >= 4 is 17.9 Å². The molecule has 0 aromatic heterocycles. The molecule has 0 rings (SSSR count). The third kappa shape index (κ3) is 65.7. The van der Waals surface area contributed by atoms with Gasteiger partial charge in [-0.3, -0.25) is 14.4 Å². The van der Waals surface area contributed by atoms with Gasteiger partial charge in [0, 0.05) is 19.3 Å². The molecule has 80 heavy (non-hydrogen) atoms. The zero-order valence-electron chi connectivity index (χ0n) is 53.3. The number of ether oxygens (including phenoxy) is 3. The predicted octanol–water partition coefficient (Wildman–Crippen LogP) is 24.1. The molecule has 0 aromatic rings. The minimum absolute atomic E-state index is 0.0789. The molecule has 0 fully saturated rings. The highest BCUT2D eigenvalue weighted by atomic mass is 16.6. The van der Waals surface area contributed by atoms with E-state index < -0.39 is 6.10 Å². The minimum atomic E-state index is -0.784. The summed E-state index contributed by atoms with van der Waals surface area (Å²) in [6.07, 6.45) is 89.3. The van der Waals surface area contributed by atoms with Gasteiger partial charge < -0.3 is 14.2 Å². The molecule has 1 atom stereocenters. The van der Waals surface area contributed by atoms with Crippen molar-refractivity contribution in [2.24, 2.45) is 0 Å². The van der Waals surface area contributed by atoms with E-state index in [1.165, 1.54) is 231 Å². The van der Waals surface area contributed by atoms with Crippen LogP contribution in [0.4, 0.5) is 0 Å². The van der Waals surface area contributed by atoms with Gasteiger partial charge in [-0.05, 0) is 109 Å². The lowest BCUT2D eigenvalue weighted by molar-refractivity contribution is -0.167. The van der Waals surface area contributed by atoms with E-state index in [1.807, 2.05) is 0 Å². The maximum atomic E-state index is 12.9. The van der Waals surface area contributed by atoms with Crippen LogP contribution in [0.1, 0.15) is 361 Å². The monoisotopic (exact) mass is 1120 g/mol. The van der Waals surface area contributed by atoms with Gasteiger partial charge in [0.1, 0.15) is 13.2 Å². The number of rotatable bonds is 64. The SMILES string of the molecule is CCCC/C=C\C/C=C\CCCCCCCC(=O)OCC(COC(=O)CCCCCCCCCCCCCCCCCC/C=C\C/C=C\C/C=C\CCCCCCC)OC(=O)CCCCCCCCC/C=C\CCCCCCCC. The Hall–Kier alpha value is -3.15. The van der Waals surface area contributed by atoms with Gasteiger partial charge in [0.05, 0.1) is 0 Å². The summed E-state index contributed by atoms with van der Waals surface area (Å²) in [6.45, 7) is 6.61. The van der Waals surface area contributed by atoms with E-state index in [0.29, 0.717) is 19.3 Å². The normalized spacial score (nSPS) is 12.5. The van der Waals surface area contributed by atoms with E-state index in [1.54, 1.807) is 0 Å². The standard InChI is InChI=1S/C74H132O6/c1-4-7-10-13-16-19-22-25-28-30-31-32-33-34-35-36-37-38-39-40-41-42-43-45-46-49-52-55-58-61-64-67-73(76)79-70-71(69-78-72(75)66-63-60-57-54-51-48-27-24-21-18-15-12-9-6-3)80-74(77)68-65-62-59-56-53-50-47-44-29-26-23-20-17-14-11-8-5-2/h15,18,22,24-27,29-31,33-34,71H,4-14,16-17,19-21,23,28,32,35-70H2,1-3H3/b18-15-,25-22-,27-24-,29-26-,31-30-,34-33-. The third-order valence-electron chi connectivity index (χ3n) is 15.4. The first-order valence-electron chi connectivity index (χ1n) is 34.9. The van der Waals surface area contributed by atoms with Crippen LogP contribution in [-0.2, 0) is 28.6 Å². The Kier molecular flexibility index (Phi) is 65.7. The zero-order valence-corrected chi connectivity index (χ0v) is 53.3. The van der Waals surface area contributed by atoms with Crippen LogP contribution in [0.5, 0.6) is 0 Å². The summed E-state index contributed by atoms with van der Waals surface area (Å²) in [5, 5.41) is 0. The van der Waals surface area contributed by atoms with E-state index >= 15 is 0 Å². The minimum Gasteiger partial charge on any atom is -0.462 e. The Morgan fingerprint density at radius 2 is 0.463 bits per heavy atom. The molecule has 0 aromatic carbocycles. The first kappa shape index (κ1) is 76.9. The van der Waals surface area contributed by atoms with Gasteiger partial charge in [0.2, 0.25) is 0 Å². The second-order valence-electron chi connectivity index (χ2n) is 23.4. The molecule has 0 N–H and O–H groups in total. The van der Waals surface area contributed by atoms with Gasteiger partial charge in [0.15, 0.2) is 6.10 Å². The first-order chi connectivity index (χ1) is 39.5. The topological polar surface area (TPSA) is 78.9 Å². The molecule has 6 heteroatoms. The lowest BCUT2D eigenvalue weighted by Crippen LogP contribution is -2.30. The van der Waals surface area contributed by atoms with Crippen LogP contribution in [0, 0.1) is 0 Å². The van der Waals surface area contributed by atoms with Crippen molar-refractivity contribution in [1.29, 1.82) is 0 Å². The smallest absolute Gasteiger partial charge is 0.306 e. The maximum absolute atomic E-state index is 12.9. The lowest BCUT2D eigenvalue weighted by Gasteiger charge is -2.18. The summed E-state index contributed by atoms with van der Waals surface area (Å²) >= 11 is 0. The molecule has 0 saturated carbocycles. The number of carbonyl (C=O) groups is 3. The number of unbranched alkanes of at least 4 members (excludes halogenated alkanes) is 41. The van der Waals surface area contributed by atoms with E-state index in [9.17, 15) is 14.4 Å². The summed E-state index contributed by atoms with van der Waals surface area (Å²) in [7, 11) is 0. The summed E-state index contributed by atoms with van der Waals surface area (Å²) in [5.74, 6) is -0.880. The molecule has 0 amide bonds. The first-order valence-corrected chi connectivity index (χ1v) is 34.9. The molecule has 0 aliphatic heterocycles. The Labute approximate surface area is 497 Å². The van der Waals surface area contributed by atoms with Gasteiger partial charge in [-0.2, -0.15) is 0 Å². The Balaban J connectivity index is 4.21. The maximum Gasteiger partial charge on any atom is 0.306 e. The number of esters is 3. The molecule has 0 saturated heterocycles. The summed E-state index contributed by atoms with van der Waals surface area (Å²) in [5.41, 5.74) is 0. The molecule has 0 aliphatic rings. The molecule has 464 valence electrons. The predicted molar refractivity (Wildman–Crippen MR) is 348 cm³/mol. The van der Waals surface area contributed by atoms with Gasteiger partial charge in [-0.1, -0.05) is 306 Å². The summed E-state index contributed by atoms with van der Waals surface area (Å²) in [4.78, 5) is 38.4. The second-order valence-corrected chi connectivity index (χ2v) is 23.4. The molecule has 0 spiro atoms. The van der Waals surface area contributed by atoms with E-state index in [4.69, 9.17) is 14.2 Å². The van der Waals surface area contributed by atoms with Crippen LogP contribution in [0.25, 0.3) is 0 Å². The number of carbonyl (C=O) groups excluding carboxylic acids is 3. The highest BCUT2D eigenvalue weighted by Gasteiger charge is 2.19. The summed E-state index contributed by atoms with van der Waals surface area (Å²) in [6, 6.07) is 0. The fraction of sp³-hybridized carbons (Fsp3) is 0.797. The van der Waals surface area contributed by atoms with Crippen LogP contribution in [0.15, 0.2) is 72.9 Å². The quantitative estimate of drug-likeness (QED) is 0.0261. The zero-order chi connectivity index (χ0) is 57.8. The Bertz CT molecular complexity index is 1470. The highest BCUT2D eigenvalue weighted by Crippen LogP contribution is 2.17. The average molecular weight is 1120 g/mol. The van der Waals surface area contributed by atoms with Crippen molar-refractivity contribution in [1.82, 2.24) is 0 Å². The highest BCUT2D eigenvalue weighted by molar-refractivity contribution is 5.71. The van der Waals surface area contributed by atoms with Crippen LogP contribution >= 0.6 is 0 Å². The van der Waals surface area contributed by atoms with Crippen molar-refractivity contribution < 1.29 is 28.6 Å². The number of hydrogen-bond acceptors (Lipinski definition) is 6. The van der Waals surface area contributed by atoms with Gasteiger partial charge in [-0.25, -0.2) is 0 Å². The molecule has 0 aliphatic carbocycles.